The van der Waals surface area contributed by atoms with Gasteiger partial charge in [0.05, 0.1) is 5.52 Å². The van der Waals surface area contributed by atoms with Gasteiger partial charge < -0.3 is 5.11 Å². The summed E-state index contributed by atoms with van der Waals surface area (Å²) in [6, 6.07) is 12.6. The molecule has 5 heteroatoms. The molecule has 0 bridgehead atoms. The van der Waals surface area contributed by atoms with Crippen molar-refractivity contribution >= 4 is 50.0 Å². The lowest BCUT2D eigenvalue weighted by Gasteiger charge is -2.16. The van der Waals surface area contributed by atoms with Crippen molar-refractivity contribution in [2.75, 3.05) is 0 Å². The molecule has 0 aliphatic carbocycles. The van der Waals surface area contributed by atoms with E-state index >= 15 is 0 Å². The molecule has 2 nitrogen and oxygen atoms in total. The third-order valence-electron chi connectivity index (χ3n) is 3.29. The SMILES string of the molecule is OC(c1cc(Cl)ccc1Cl)c1ccc(Br)c2cccnc12. The smallest absolute Gasteiger partial charge is 0.108 e. The Morgan fingerprint density at radius 1 is 1.05 bits per heavy atom. The average Bonchev–Trinajstić information content (AvgIpc) is 2.50. The number of halogens is 3. The summed E-state index contributed by atoms with van der Waals surface area (Å²) < 4.78 is 0.929. The fourth-order valence-corrected chi connectivity index (χ4v) is 3.13. The molecule has 0 saturated carbocycles. The van der Waals surface area contributed by atoms with E-state index in [1.54, 1.807) is 24.4 Å². The van der Waals surface area contributed by atoms with Crippen molar-refractivity contribution in [2.45, 2.75) is 6.10 Å². The summed E-state index contributed by atoms with van der Waals surface area (Å²) >= 11 is 15.7. The van der Waals surface area contributed by atoms with E-state index in [1.807, 2.05) is 24.3 Å². The Bertz CT molecular complexity index is 822. The molecule has 1 heterocycles. The first-order valence-electron chi connectivity index (χ1n) is 6.24. The van der Waals surface area contributed by atoms with Gasteiger partial charge in [0.2, 0.25) is 0 Å². The molecule has 0 saturated heterocycles. The molecular weight excluding hydrogens is 373 g/mol. The minimum Gasteiger partial charge on any atom is -0.384 e. The second kappa shape index (κ2) is 5.93. The van der Waals surface area contributed by atoms with Crippen LogP contribution in [-0.2, 0) is 0 Å². The van der Waals surface area contributed by atoms with Gasteiger partial charge in [-0.1, -0.05) is 51.3 Å². The second-order valence-corrected chi connectivity index (χ2v) is 6.30. The average molecular weight is 383 g/mol. The van der Waals surface area contributed by atoms with Crippen LogP contribution >= 0.6 is 39.1 Å². The maximum absolute atomic E-state index is 10.7. The minimum atomic E-state index is -0.887. The van der Waals surface area contributed by atoms with Crippen LogP contribution in [0.25, 0.3) is 10.9 Å². The number of hydrogen-bond donors (Lipinski definition) is 1. The first-order chi connectivity index (χ1) is 10.1. The molecule has 1 unspecified atom stereocenters. The number of nitrogens with zero attached hydrogens (tertiary/aromatic N) is 1. The normalized spacial score (nSPS) is 12.6. The first kappa shape index (κ1) is 14.8. The van der Waals surface area contributed by atoms with Crippen LogP contribution in [0.2, 0.25) is 10.0 Å². The van der Waals surface area contributed by atoms with Gasteiger partial charge in [0.15, 0.2) is 0 Å². The van der Waals surface area contributed by atoms with Gasteiger partial charge in [0.1, 0.15) is 6.10 Å². The molecule has 1 aromatic heterocycles. The van der Waals surface area contributed by atoms with E-state index in [9.17, 15) is 5.11 Å². The Kier molecular flexibility index (Phi) is 4.18. The Morgan fingerprint density at radius 2 is 1.86 bits per heavy atom. The highest BCUT2D eigenvalue weighted by Gasteiger charge is 2.18. The van der Waals surface area contributed by atoms with Crippen LogP contribution in [0.1, 0.15) is 17.2 Å². The number of rotatable bonds is 2. The van der Waals surface area contributed by atoms with Gasteiger partial charge in [0.25, 0.3) is 0 Å². The molecule has 21 heavy (non-hydrogen) atoms. The van der Waals surface area contributed by atoms with E-state index in [4.69, 9.17) is 23.2 Å². The molecular formula is C16H10BrCl2NO. The zero-order valence-electron chi connectivity index (χ0n) is 10.7. The topological polar surface area (TPSA) is 33.1 Å². The van der Waals surface area contributed by atoms with Crippen LogP contribution < -0.4 is 0 Å². The second-order valence-electron chi connectivity index (χ2n) is 4.60. The quantitative estimate of drug-likeness (QED) is 0.644. The van der Waals surface area contributed by atoms with Crippen molar-refractivity contribution in [1.82, 2.24) is 4.98 Å². The zero-order chi connectivity index (χ0) is 15.0. The summed E-state index contributed by atoms with van der Waals surface area (Å²) in [6.45, 7) is 0. The predicted molar refractivity (Wildman–Crippen MR) is 90.0 cm³/mol. The van der Waals surface area contributed by atoms with E-state index < -0.39 is 6.10 Å². The fraction of sp³-hybridized carbons (Fsp3) is 0.0625. The lowest BCUT2D eigenvalue weighted by molar-refractivity contribution is 0.222. The highest BCUT2D eigenvalue weighted by Crippen LogP contribution is 2.35. The van der Waals surface area contributed by atoms with Crippen molar-refractivity contribution in [3.63, 3.8) is 0 Å². The zero-order valence-corrected chi connectivity index (χ0v) is 13.8. The van der Waals surface area contributed by atoms with E-state index in [-0.39, 0.29) is 0 Å². The summed E-state index contributed by atoms with van der Waals surface area (Å²) in [7, 11) is 0. The van der Waals surface area contributed by atoms with Crippen LogP contribution in [0, 0.1) is 0 Å². The highest BCUT2D eigenvalue weighted by atomic mass is 79.9. The number of hydrogen-bond acceptors (Lipinski definition) is 2. The van der Waals surface area contributed by atoms with Crippen molar-refractivity contribution in [3.8, 4) is 0 Å². The Hall–Kier alpha value is -1.13. The molecule has 3 rings (SSSR count). The third kappa shape index (κ3) is 2.79. The van der Waals surface area contributed by atoms with Crippen molar-refractivity contribution in [2.24, 2.45) is 0 Å². The minimum absolute atomic E-state index is 0.471. The van der Waals surface area contributed by atoms with Gasteiger partial charge in [-0.05, 0) is 30.3 Å². The summed E-state index contributed by atoms with van der Waals surface area (Å²) in [5.41, 5.74) is 1.99. The maximum Gasteiger partial charge on any atom is 0.108 e. The molecule has 106 valence electrons. The van der Waals surface area contributed by atoms with Gasteiger partial charge in [-0.2, -0.15) is 0 Å². The molecule has 1 N–H and O–H groups in total. The van der Waals surface area contributed by atoms with Gasteiger partial charge in [-0.3, -0.25) is 4.98 Å². The van der Waals surface area contributed by atoms with Crippen molar-refractivity contribution in [1.29, 1.82) is 0 Å². The van der Waals surface area contributed by atoms with Crippen LogP contribution in [-0.4, -0.2) is 10.1 Å². The fourth-order valence-electron chi connectivity index (χ4n) is 2.27. The predicted octanol–water partition coefficient (Wildman–Crippen LogP) is 5.39. The van der Waals surface area contributed by atoms with Gasteiger partial charge >= 0.3 is 0 Å². The number of aliphatic hydroxyl groups is 1. The van der Waals surface area contributed by atoms with Gasteiger partial charge in [-0.15, -0.1) is 0 Å². The number of aliphatic hydroxyl groups excluding tert-OH is 1. The summed E-state index contributed by atoms with van der Waals surface area (Å²) in [4.78, 5) is 4.37. The Balaban J connectivity index is 2.20. The monoisotopic (exact) mass is 381 g/mol. The van der Waals surface area contributed by atoms with E-state index in [0.717, 1.165) is 15.4 Å². The Labute approximate surface area is 140 Å². The van der Waals surface area contributed by atoms with Crippen LogP contribution in [0.4, 0.5) is 0 Å². The molecule has 2 aromatic carbocycles. The summed E-state index contributed by atoms with van der Waals surface area (Å²) in [6.07, 6.45) is 0.812. The summed E-state index contributed by atoms with van der Waals surface area (Å²) in [5, 5.41) is 12.6. The lowest BCUT2D eigenvalue weighted by Crippen LogP contribution is -2.02. The van der Waals surface area contributed by atoms with Crippen molar-refractivity contribution in [3.05, 3.63) is 74.3 Å². The van der Waals surface area contributed by atoms with E-state index in [0.29, 0.717) is 21.2 Å². The largest absolute Gasteiger partial charge is 0.384 e. The maximum atomic E-state index is 10.7. The standard InChI is InChI=1S/C16H10BrCl2NO/c17-13-5-4-11(15-10(13)2-1-7-20-15)16(21)12-8-9(18)3-6-14(12)19/h1-8,16,21H. The number of aromatic nitrogens is 1. The molecule has 0 amide bonds. The first-order valence-corrected chi connectivity index (χ1v) is 7.79. The molecule has 0 fully saturated rings. The molecule has 3 aromatic rings. The van der Waals surface area contributed by atoms with Gasteiger partial charge in [-0.25, -0.2) is 0 Å². The van der Waals surface area contributed by atoms with Crippen LogP contribution in [0.15, 0.2) is 53.1 Å². The lowest BCUT2D eigenvalue weighted by atomic mass is 9.99. The van der Waals surface area contributed by atoms with E-state index in [1.165, 1.54) is 0 Å². The highest BCUT2D eigenvalue weighted by molar-refractivity contribution is 9.10. The molecule has 0 radical (unpaired) electrons. The molecule has 1 atom stereocenters. The number of pyridine rings is 1. The Morgan fingerprint density at radius 3 is 2.67 bits per heavy atom. The molecule has 0 aliphatic rings. The molecule has 0 spiro atoms. The third-order valence-corrected chi connectivity index (χ3v) is 4.57. The summed E-state index contributed by atoms with van der Waals surface area (Å²) in [5.74, 6) is 0. The van der Waals surface area contributed by atoms with Crippen LogP contribution in [0.5, 0.6) is 0 Å². The number of fused-ring (bicyclic) bond motifs is 1. The molecule has 0 aliphatic heterocycles. The van der Waals surface area contributed by atoms with Crippen LogP contribution in [0.3, 0.4) is 0 Å². The van der Waals surface area contributed by atoms with E-state index in [2.05, 4.69) is 20.9 Å². The van der Waals surface area contributed by atoms with Gasteiger partial charge in [0, 0.05) is 37.2 Å². The number of benzene rings is 2. The van der Waals surface area contributed by atoms with Crippen molar-refractivity contribution < 1.29 is 5.11 Å².